The standard InChI is InChI=1S/C22H18N2OS2/c1-3-7-17(8-4-1)21(22-26-15-16-27-22)24-23-18-11-13-20(14-12-18)25-19-9-5-2-6-10-19/h1-14H,15-16H2. The molecule has 3 aromatic carbocycles. The fraction of sp³-hybridized carbons (Fsp3) is 0.0909. The molecule has 27 heavy (non-hydrogen) atoms. The van der Waals surface area contributed by atoms with Gasteiger partial charge in [-0.3, -0.25) is 0 Å². The molecule has 4 rings (SSSR count). The van der Waals surface area contributed by atoms with Crippen molar-refractivity contribution in [1.29, 1.82) is 0 Å². The van der Waals surface area contributed by atoms with E-state index in [9.17, 15) is 0 Å². The molecule has 134 valence electrons. The zero-order chi connectivity index (χ0) is 18.3. The Hall–Kier alpha value is -2.50. The zero-order valence-electron chi connectivity index (χ0n) is 14.6. The van der Waals surface area contributed by atoms with Gasteiger partial charge in [-0.1, -0.05) is 48.5 Å². The molecule has 0 radical (unpaired) electrons. The normalized spacial score (nSPS) is 13.9. The van der Waals surface area contributed by atoms with Gasteiger partial charge in [-0.15, -0.1) is 28.6 Å². The van der Waals surface area contributed by atoms with Crippen LogP contribution in [0.1, 0.15) is 5.56 Å². The molecule has 1 heterocycles. The Labute approximate surface area is 167 Å². The molecule has 0 aromatic heterocycles. The number of nitrogens with zero attached hydrogens (tertiary/aromatic N) is 2. The average Bonchev–Trinajstić information content (AvgIpc) is 3.26. The van der Waals surface area contributed by atoms with E-state index in [4.69, 9.17) is 4.74 Å². The Kier molecular flexibility index (Phi) is 5.92. The predicted molar refractivity (Wildman–Crippen MR) is 116 cm³/mol. The van der Waals surface area contributed by atoms with Gasteiger partial charge in [0.05, 0.1) is 9.92 Å². The minimum absolute atomic E-state index is 0.781. The van der Waals surface area contributed by atoms with Crippen LogP contribution >= 0.6 is 23.5 Å². The van der Waals surface area contributed by atoms with E-state index in [1.165, 1.54) is 4.24 Å². The van der Waals surface area contributed by atoms with Crippen LogP contribution in [0.15, 0.2) is 99.4 Å². The second-order valence-corrected chi connectivity index (χ2v) is 8.28. The highest BCUT2D eigenvalue weighted by molar-refractivity contribution is 8.25. The van der Waals surface area contributed by atoms with E-state index < -0.39 is 0 Å². The van der Waals surface area contributed by atoms with Crippen molar-refractivity contribution in [3.8, 4) is 11.5 Å². The summed E-state index contributed by atoms with van der Waals surface area (Å²) in [4.78, 5) is 0. The summed E-state index contributed by atoms with van der Waals surface area (Å²) in [5.41, 5.74) is 2.85. The van der Waals surface area contributed by atoms with Gasteiger partial charge in [-0.2, -0.15) is 5.11 Å². The summed E-state index contributed by atoms with van der Waals surface area (Å²) in [5, 5.41) is 9.04. The van der Waals surface area contributed by atoms with Gasteiger partial charge in [0.1, 0.15) is 17.2 Å². The quantitative estimate of drug-likeness (QED) is 0.426. The van der Waals surface area contributed by atoms with E-state index in [1.807, 2.05) is 96.3 Å². The van der Waals surface area contributed by atoms with E-state index >= 15 is 0 Å². The number of hydrogen-bond acceptors (Lipinski definition) is 5. The lowest BCUT2D eigenvalue weighted by Gasteiger charge is -2.06. The van der Waals surface area contributed by atoms with E-state index in [0.29, 0.717) is 0 Å². The molecule has 0 N–H and O–H groups in total. The van der Waals surface area contributed by atoms with Crippen molar-refractivity contribution in [2.75, 3.05) is 11.5 Å². The average molecular weight is 391 g/mol. The third kappa shape index (κ3) is 4.81. The number of ether oxygens (including phenoxy) is 1. The summed E-state index contributed by atoms with van der Waals surface area (Å²) in [7, 11) is 0. The SMILES string of the molecule is c1ccc(Oc2ccc(N=NC(=C3SCCS3)c3ccccc3)cc2)cc1. The summed E-state index contributed by atoms with van der Waals surface area (Å²) in [6.45, 7) is 0. The van der Waals surface area contributed by atoms with Gasteiger partial charge in [0.15, 0.2) is 0 Å². The zero-order valence-corrected chi connectivity index (χ0v) is 16.2. The Bertz CT molecular complexity index is 931. The van der Waals surface area contributed by atoms with Crippen molar-refractivity contribution in [3.05, 3.63) is 94.7 Å². The van der Waals surface area contributed by atoms with Crippen molar-refractivity contribution < 1.29 is 4.74 Å². The monoisotopic (exact) mass is 390 g/mol. The lowest BCUT2D eigenvalue weighted by molar-refractivity contribution is 0.483. The molecule has 0 unspecified atom stereocenters. The van der Waals surface area contributed by atoms with Crippen molar-refractivity contribution in [1.82, 2.24) is 0 Å². The highest BCUT2D eigenvalue weighted by Crippen LogP contribution is 2.42. The van der Waals surface area contributed by atoms with Crippen molar-refractivity contribution >= 4 is 34.9 Å². The fourth-order valence-electron chi connectivity index (χ4n) is 2.57. The van der Waals surface area contributed by atoms with Crippen molar-refractivity contribution in [2.45, 2.75) is 0 Å². The van der Waals surface area contributed by atoms with E-state index in [0.717, 1.165) is 40.0 Å². The van der Waals surface area contributed by atoms with E-state index in [1.54, 1.807) is 0 Å². The lowest BCUT2D eigenvalue weighted by Crippen LogP contribution is -1.83. The van der Waals surface area contributed by atoms with Crippen LogP contribution in [0.3, 0.4) is 0 Å². The van der Waals surface area contributed by atoms with Gasteiger partial charge in [0.25, 0.3) is 0 Å². The van der Waals surface area contributed by atoms with Gasteiger partial charge in [0.2, 0.25) is 0 Å². The second kappa shape index (κ2) is 8.93. The first kappa shape index (κ1) is 17.9. The van der Waals surface area contributed by atoms with Crippen LogP contribution < -0.4 is 4.74 Å². The van der Waals surface area contributed by atoms with Crippen LogP contribution in [0.25, 0.3) is 5.70 Å². The van der Waals surface area contributed by atoms with Gasteiger partial charge in [-0.25, -0.2) is 0 Å². The third-order valence-corrected chi connectivity index (χ3v) is 6.56. The first-order chi connectivity index (χ1) is 13.4. The molecule has 0 amide bonds. The second-order valence-electron chi connectivity index (χ2n) is 5.81. The number of thioether (sulfide) groups is 2. The van der Waals surface area contributed by atoms with Crippen LogP contribution in [0.5, 0.6) is 11.5 Å². The first-order valence-corrected chi connectivity index (χ1v) is 10.7. The van der Waals surface area contributed by atoms with Crippen LogP contribution in [0, 0.1) is 0 Å². The Balaban J connectivity index is 1.53. The molecule has 0 atom stereocenters. The molecule has 0 saturated carbocycles. The van der Waals surface area contributed by atoms with Crippen LogP contribution in [0.4, 0.5) is 5.69 Å². The molecule has 0 bridgehead atoms. The molecule has 1 aliphatic heterocycles. The Morgan fingerprint density at radius 3 is 1.96 bits per heavy atom. The largest absolute Gasteiger partial charge is 0.457 e. The number of benzene rings is 3. The molecular weight excluding hydrogens is 372 g/mol. The first-order valence-electron chi connectivity index (χ1n) is 8.68. The highest BCUT2D eigenvalue weighted by atomic mass is 32.2. The smallest absolute Gasteiger partial charge is 0.127 e. The third-order valence-electron chi connectivity index (χ3n) is 3.87. The summed E-state index contributed by atoms with van der Waals surface area (Å²) in [5.74, 6) is 3.84. The maximum absolute atomic E-state index is 5.82. The summed E-state index contributed by atoms with van der Waals surface area (Å²) >= 11 is 3.71. The summed E-state index contributed by atoms with van der Waals surface area (Å²) in [6.07, 6.45) is 0. The van der Waals surface area contributed by atoms with E-state index in [2.05, 4.69) is 22.4 Å². The van der Waals surface area contributed by atoms with Crippen LogP contribution in [-0.2, 0) is 0 Å². The number of hydrogen-bond donors (Lipinski definition) is 0. The number of azo groups is 1. The molecular formula is C22H18N2OS2. The minimum Gasteiger partial charge on any atom is -0.457 e. The minimum atomic E-state index is 0.781. The Morgan fingerprint density at radius 1 is 0.704 bits per heavy atom. The molecule has 1 fully saturated rings. The molecule has 3 nitrogen and oxygen atoms in total. The Morgan fingerprint density at radius 2 is 1.30 bits per heavy atom. The van der Waals surface area contributed by atoms with Gasteiger partial charge in [0, 0.05) is 17.1 Å². The van der Waals surface area contributed by atoms with Crippen molar-refractivity contribution in [2.24, 2.45) is 10.2 Å². The van der Waals surface area contributed by atoms with Crippen molar-refractivity contribution in [3.63, 3.8) is 0 Å². The molecule has 1 saturated heterocycles. The molecule has 3 aromatic rings. The maximum Gasteiger partial charge on any atom is 0.127 e. The molecule has 1 aliphatic rings. The van der Waals surface area contributed by atoms with Gasteiger partial charge >= 0.3 is 0 Å². The summed E-state index contributed by atoms with van der Waals surface area (Å²) in [6, 6.07) is 27.7. The topological polar surface area (TPSA) is 34.0 Å². The molecule has 0 aliphatic carbocycles. The molecule has 5 heteroatoms. The van der Waals surface area contributed by atoms with E-state index in [-0.39, 0.29) is 0 Å². The number of para-hydroxylation sites is 1. The van der Waals surface area contributed by atoms with Crippen LogP contribution in [-0.4, -0.2) is 11.5 Å². The maximum atomic E-state index is 5.82. The number of rotatable bonds is 5. The van der Waals surface area contributed by atoms with Gasteiger partial charge < -0.3 is 4.74 Å². The summed E-state index contributed by atoms with van der Waals surface area (Å²) < 4.78 is 7.07. The molecule has 0 spiro atoms. The van der Waals surface area contributed by atoms with Crippen LogP contribution in [0.2, 0.25) is 0 Å². The predicted octanol–water partition coefficient (Wildman–Crippen LogP) is 7.37. The van der Waals surface area contributed by atoms with Gasteiger partial charge in [-0.05, 0) is 36.4 Å². The highest BCUT2D eigenvalue weighted by Gasteiger charge is 2.15. The fourth-order valence-corrected chi connectivity index (χ4v) is 5.03. The lowest BCUT2D eigenvalue weighted by atomic mass is 10.2.